The molecule has 2 heterocycles. The van der Waals surface area contributed by atoms with E-state index >= 15 is 0 Å². The summed E-state index contributed by atoms with van der Waals surface area (Å²) in [5, 5.41) is 13.6. The minimum atomic E-state index is 0.0868. The predicted octanol–water partition coefficient (Wildman–Crippen LogP) is 3.94. The Morgan fingerprint density at radius 3 is 2.94 bits per heavy atom. The van der Waals surface area contributed by atoms with Gasteiger partial charge in [0.2, 0.25) is 0 Å². The van der Waals surface area contributed by atoms with Crippen molar-refractivity contribution < 1.29 is 4.74 Å². The number of nitrogens with one attached hydrogen (secondary N) is 2. The molecule has 1 aliphatic rings. The third kappa shape index (κ3) is 2.82. The van der Waals surface area contributed by atoms with Crippen LogP contribution in [0.2, 0.25) is 0 Å². The molecule has 18 heavy (non-hydrogen) atoms. The van der Waals surface area contributed by atoms with E-state index in [2.05, 4.69) is 24.2 Å². The van der Waals surface area contributed by atoms with Gasteiger partial charge in [-0.3, -0.25) is 5.41 Å². The minimum absolute atomic E-state index is 0.0868. The van der Waals surface area contributed by atoms with E-state index in [1.165, 1.54) is 12.0 Å². The summed E-state index contributed by atoms with van der Waals surface area (Å²) in [5.74, 6) is 0. The first kappa shape index (κ1) is 13.3. The van der Waals surface area contributed by atoms with Crippen LogP contribution in [0.25, 0.3) is 0 Å². The maximum absolute atomic E-state index is 8.09. The summed E-state index contributed by atoms with van der Waals surface area (Å²) in [6.07, 6.45) is 3.47. The molecule has 0 aromatic carbocycles. The predicted molar refractivity (Wildman–Crippen MR) is 77.9 cm³/mol. The van der Waals surface area contributed by atoms with Gasteiger partial charge in [0.1, 0.15) is 6.23 Å². The van der Waals surface area contributed by atoms with E-state index in [0.717, 1.165) is 35.6 Å². The average molecular weight is 264 g/mol. The fourth-order valence-corrected chi connectivity index (χ4v) is 3.06. The molecule has 1 aromatic rings. The Morgan fingerprint density at radius 1 is 1.56 bits per heavy atom. The molecular formula is C14H20N2OS. The van der Waals surface area contributed by atoms with Gasteiger partial charge < -0.3 is 10.1 Å². The lowest BCUT2D eigenvalue weighted by Crippen LogP contribution is -2.28. The molecule has 0 amide bonds. The molecular weight excluding hydrogens is 244 g/mol. The Labute approximate surface area is 112 Å². The zero-order valence-electron chi connectivity index (χ0n) is 11.0. The molecule has 0 saturated carbocycles. The Bertz CT molecular complexity index is 458. The van der Waals surface area contributed by atoms with Crippen LogP contribution < -0.4 is 5.32 Å². The number of aryl methyl sites for hydroxylation is 1. The van der Waals surface area contributed by atoms with Gasteiger partial charge in [-0.15, -0.1) is 11.3 Å². The third-order valence-electron chi connectivity index (χ3n) is 3.11. The molecule has 98 valence electrons. The molecule has 0 aliphatic carbocycles. The van der Waals surface area contributed by atoms with Crippen molar-refractivity contribution in [3.8, 4) is 0 Å². The van der Waals surface area contributed by atoms with Crippen molar-refractivity contribution in [3.63, 3.8) is 0 Å². The summed E-state index contributed by atoms with van der Waals surface area (Å²) < 4.78 is 5.70. The zero-order valence-corrected chi connectivity index (χ0v) is 11.8. The first-order chi connectivity index (χ1) is 8.59. The second-order valence-electron chi connectivity index (χ2n) is 4.78. The van der Waals surface area contributed by atoms with Crippen LogP contribution in [-0.4, -0.2) is 18.5 Å². The number of hydrogen-bond donors (Lipinski definition) is 2. The number of ether oxygens (including phenoxy) is 1. The van der Waals surface area contributed by atoms with Gasteiger partial charge in [0, 0.05) is 6.61 Å². The molecule has 1 saturated heterocycles. The Balaban J connectivity index is 2.18. The van der Waals surface area contributed by atoms with Crippen molar-refractivity contribution in [1.82, 2.24) is 0 Å². The number of hydrogen-bond acceptors (Lipinski definition) is 4. The van der Waals surface area contributed by atoms with Crippen molar-refractivity contribution in [2.75, 3.05) is 11.9 Å². The van der Waals surface area contributed by atoms with E-state index in [0.29, 0.717) is 5.71 Å². The van der Waals surface area contributed by atoms with Gasteiger partial charge >= 0.3 is 0 Å². The molecule has 0 bridgehead atoms. The summed E-state index contributed by atoms with van der Waals surface area (Å²) in [7, 11) is 0. The van der Waals surface area contributed by atoms with E-state index < -0.39 is 0 Å². The zero-order chi connectivity index (χ0) is 13.1. The van der Waals surface area contributed by atoms with Gasteiger partial charge in [-0.25, -0.2) is 0 Å². The molecule has 0 spiro atoms. The van der Waals surface area contributed by atoms with Gasteiger partial charge in [0.15, 0.2) is 0 Å². The van der Waals surface area contributed by atoms with Crippen molar-refractivity contribution in [1.29, 1.82) is 5.41 Å². The molecule has 1 aromatic heterocycles. The van der Waals surface area contributed by atoms with E-state index in [1.54, 1.807) is 11.3 Å². The van der Waals surface area contributed by atoms with Gasteiger partial charge in [0.05, 0.1) is 16.3 Å². The summed E-state index contributed by atoms with van der Waals surface area (Å²) in [6.45, 7) is 8.62. The fourth-order valence-electron chi connectivity index (χ4n) is 2.02. The quantitative estimate of drug-likeness (QED) is 0.809. The third-order valence-corrected chi connectivity index (χ3v) is 4.23. The van der Waals surface area contributed by atoms with E-state index in [4.69, 9.17) is 10.1 Å². The summed E-state index contributed by atoms with van der Waals surface area (Å²) in [5.41, 5.74) is 3.53. The summed E-state index contributed by atoms with van der Waals surface area (Å²) in [4.78, 5) is 0.967. The smallest absolute Gasteiger partial charge is 0.127 e. The van der Waals surface area contributed by atoms with E-state index in [9.17, 15) is 0 Å². The maximum atomic E-state index is 8.09. The molecule has 0 radical (unpaired) electrons. The first-order valence-electron chi connectivity index (χ1n) is 6.30. The lowest BCUT2D eigenvalue weighted by atomic mass is 10.1. The minimum Gasteiger partial charge on any atom is -0.359 e. The molecule has 2 rings (SSSR count). The monoisotopic (exact) mass is 264 g/mol. The number of rotatable bonds is 4. The average Bonchev–Trinajstić information content (AvgIpc) is 2.71. The highest BCUT2D eigenvalue weighted by Gasteiger charge is 2.19. The summed E-state index contributed by atoms with van der Waals surface area (Å²) in [6, 6.07) is 0. The topological polar surface area (TPSA) is 45.1 Å². The molecule has 4 heteroatoms. The fraction of sp³-hybridized carbons (Fsp3) is 0.500. The van der Waals surface area contributed by atoms with E-state index in [1.807, 2.05) is 6.92 Å². The van der Waals surface area contributed by atoms with Crippen LogP contribution in [0.1, 0.15) is 36.6 Å². The van der Waals surface area contributed by atoms with Crippen LogP contribution in [0.15, 0.2) is 17.5 Å². The van der Waals surface area contributed by atoms with Gasteiger partial charge in [-0.1, -0.05) is 6.58 Å². The van der Waals surface area contributed by atoms with Gasteiger partial charge in [0.25, 0.3) is 0 Å². The molecule has 1 fully saturated rings. The van der Waals surface area contributed by atoms with Gasteiger partial charge in [-0.2, -0.15) is 0 Å². The van der Waals surface area contributed by atoms with Crippen molar-refractivity contribution >= 4 is 22.7 Å². The van der Waals surface area contributed by atoms with Crippen molar-refractivity contribution in [2.45, 2.75) is 39.3 Å². The molecule has 3 nitrogen and oxygen atoms in total. The molecule has 1 aliphatic heterocycles. The maximum Gasteiger partial charge on any atom is 0.127 e. The second kappa shape index (κ2) is 5.67. The second-order valence-corrected chi connectivity index (χ2v) is 5.66. The number of thiophene rings is 1. The van der Waals surface area contributed by atoms with Crippen LogP contribution in [0, 0.1) is 12.3 Å². The number of allylic oxidation sites excluding steroid dienone is 1. The molecule has 1 atom stereocenters. The summed E-state index contributed by atoms with van der Waals surface area (Å²) >= 11 is 1.60. The van der Waals surface area contributed by atoms with Crippen LogP contribution >= 0.6 is 11.3 Å². The normalized spacial score (nSPS) is 19.6. The van der Waals surface area contributed by atoms with Crippen molar-refractivity contribution in [3.05, 3.63) is 28.0 Å². The standard InChI is InChI=1S/C14H20N2OS/c1-9(2)12(15)14-13(10(3)8-18-14)16-11-6-4-5-7-17-11/h8,11,15-16H,1,4-7H2,2-3H3. The van der Waals surface area contributed by atoms with Crippen LogP contribution in [-0.2, 0) is 4.74 Å². The highest BCUT2D eigenvalue weighted by Crippen LogP contribution is 2.31. The van der Waals surface area contributed by atoms with Crippen LogP contribution in [0.4, 0.5) is 5.69 Å². The van der Waals surface area contributed by atoms with E-state index in [-0.39, 0.29) is 6.23 Å². The highest BCUT2D eigenvalue weighted by atomic mass is 32.1. The Hall–Kier alpha value is -1.13. The van der Waals surface area contributed by atoms with Gasteiger partial charge in [-0.05, 0) is 49.6 Å². The number of anilines is 1. The Kier molecular flexibility index (Phi) is 4.19. The Morgan fingerprint density at radius 2 is 2.33 bits per heavy atom. The largest absolute Gasteiger partial charge is 0.359 e. The van der Waals surface area contributed by atoms with Crippen LogP contribution in [0.3, 0.4) is 0 Å². The van der Waals surface area contributed by atoms with Crippen LogP contribution in [0.5, 0.6) is 0 Å². The SMILES string of the molecule is C=C(C)C(=N)c1scc(C)c1NC1CCCCO1. The molecule has 2 N–H and O–H groups in total. The lowest BCUT2D eigenvalue weighted by molar-refractivity contribution is 0.0343. The highest BCUT2D eigenvalue weighted by molar-refractivity contribution is 7.13. The lowest BCUT2D eigenvalue weighted by Gasteiger charge is -2.25. The molecule has 1 unspecified atom stereocenters. The first-order valence-corrected chi connectivity index (χ1v) is 7.18. The van der Waals surface area contributed by atoms with Crippen molar-refractivity contribution in [2.24, 2.45) is 0 Å².